The highest BCUT2D eigenvalue weighted by Crippen LogP contribution is 2.28. The number of halogens is 3. The van der Waals surface area contributed by atoms with Crippen LogP contribution in [0.5, 0.6) is 0 Å². The number of benzene rings is 1. The fraction of sp³-hybridized carbons (Fsp3) is 0.111. The average molecular weight is 231 g/mol. The highest BCUT2D eigenvalue weighted by Gasteiger charge is 2.40. The van der Waals surface area contributed by atoms with E-state index >= 15 is 0 Å². The van der Waals surface area contributed by atoms with Crippen molar-refractivity contribution in [3.8, 4) is 0 Å². The van der Waals surface area contributed by atoms with Gasteiger partial charge in [0.25, 0.3) is 5.78 Å². The highest BCUT2D eigenvalue weighted by atomic mass is 32.1. The molecule has 1 heterocycles. The fourth-order valence-corrected chi connectivity index (χ4v) is 2.02. The minimum atomic E-state index is -4.84. The van der Waals surface area contributed by atoms with Gasteiger partial charge in [-0.2, -0.15) is 13.2 Å². The van der Waals surface area contributed by atoms with Crippen LogP contribution < -0.4 is 0 Å². The predicted octanol–water partition coefficient (Wildman–Crippen LogP) is 3.04. The molecule has 0 aliphatic carbocycles. The number of nitrogens with zero attached hydrogens (tertiary/aromatic N) is 1. The Hall–Kier alpha value is -1.43. The van der Waals surface area contributed by atoms with Crippen molar-refractivity contribution in [1.29, 1.82) is 0 Å². The smallest absolute Gasteiger partial charge is 0.284 e. The molecule has 0 atom stereocenters. The summed E-state index contributed by atoms with van der Waals surface area (Å²) >= 11 is 1.03. The van der Waals surface area contributed by atoms with Crippen molar-refractivity contribution in [2.75, 3.05) is 0 Å². The van der Waals surface area contributed by atoms with E-state index in [4.69, 9.17) is 0 Å². The predicted molar refractivity (Wildman–Crippen MR) is 50.0 cm³/mol. The fourth-order valence-electron chi connectivity index (χ4n) is 1.22. The molecular formula is C9H4F3NOS. The molecule has 0 amide bonds. The lowest BCUT2D eigenvalue weighted by Gasteiger charge is -2.05. The summed E-state index contributed by atoms with van der Waals surface area (Å²) in [6.45, 7) is 0. The second-order valence-electron chi connectivity index (χ2n) is 2.83. The molecule has 0 aliphatic heterocycles. The topological polar surface area (TPSA) is 30.0 Å². The molecule has 78 valence electrons. The first-order valence-corrected chi connectivity index (χ1v) is 4.82. The van der Waals surface area contributed by atoms with E-state index in [1.807, 2.05) is 0 Å². The van der Waals surface area contributed by atoms with Crippen molar-refractivity contribution in [2.45, 2.75) is 6.18 Å². The normalized spacial score (nSPS) is 11.9. The SMILES string of the molecule is O=C(c1cccc2ncsc12)C(F)(F)F. The maximum atomic E-state index is 12.2. The van der Waals surface area contributed by atoms with E-state index in [1.54, 1.807) is 6.07 Å². The molecule has 0 saturated carbocycles. The van der Waals surface area contributed by atoms with Crippen LogP contribution in [0.25, 0.3) is 10.2 Å². The van der Waals surface area contributed by atoms with Gasteiger partial charge in [-0.25, -0.2) is 4.98 Å². The van der Waals surface area contributed by atoms with Gasteiger partial charge in [-0.05, 0) is 12.1 Å². The summed E-state index contributed by atoms with van der Waals surface area (Å²) in [6, 6.07) is 4.12. The van der Waals surface area contributed by atoms with Gasteiger partial charge in [-0.3, -0.25) is 4.79 Å². The zero-order valence-electron chi connectivity index (χ0n) is 7.21. The van der Waals surface area contributed by atoms with Crippen molar-refractivity contribution in [2.24, 2.45) is 0 Å². The van der Waals surface area contributed by atoms with Crippen LogP contribution in [-0.2, 0) is 0 Å². The first kappa shape index (κ1) is 10.1. The molecule has 2 rings (SSSR count). The first-order chi connectivity index (χ1) is 7.00. The quantitative estimate of drug-likeness (QED) is 0.706. The molecule has 0 unspecified atom stereocenters. The van der Waals surface area contributed by atoms with Crippen LogP contribution in [0.1, 0.15) is 10.4 Å². The van der Waals surface area contributed by atoms with Gasteiger partial charge < -0.3 is 0 Å². The number of alkyl halides is 3. The summed E-state index contributed by atoms with van der Waals surface area (Å²) in [7, 11) is 0. The third kappa shape index (κ3) is 1.72. The monoisotopic (exact) mass is 231 g/mol. The molecule has 0 bridgehead atoms. The van der Waals surface area contributed by atoms with Crippen LogP contribution in [0.3, 0.4) is 0 Å². The third-order valence-corrected chi connectivity index (χ3v) is 2.73. The van der Waals surface area contributed by atoms with Crippen molar-refractivity contribution in [1.82, 2.24) is 4.98 Å². The number of aromatic nitrogens is 1. The maximum absolute atomic E-state index is 12.2. The Morgan fingerprint density at radius 1 is 1.33 bits per heavy atom. The van der Waals surface area contributed by atoms with Gasteiger partial charge >= 0.3 is 6.18 Å². The molecular weight excluding hydrogens is 227 g/mol. The van der Waals surface area contributed by atoms with E-state index in [-0.39, 0.29) is 10.3 Å². The number of hydrogen-bond donors (Lipinski definition) is 0. The second kappa shape index (κ2) is 3.30. The summed E-state index contributed by atoms with van der Waals surface area (Å²) < 4.78 is 36.9. The van der Waals surface area contributed by atoms with Crippen LogP contribution in [-0.4, -0.2) is 16.9 Å². The number of fused-ring (bicyclic) bond motifs is 1. The number of hydrogen-bond acceptors (Lipinski definition) is 3. The molecule has 0 N–H and O–H groups in total. The molecule has 0 fully saturated rings. The van der Waals surface area contributed by atoms with Crippen LogP contribution in [0.15, 0.2) is 23.7 Å². The van der Waals surface area contributed by atoms with E-state index in [0.717, 1.165) is 17.4 Å². The molecule has 0 radical (unpaired) electrons. The second-order valence-corrected chi connectivity index (χ2v) is 3.69. The molecule has 2 nitrogen and oxygen atoms in total. The Kier molecular flexibility index (Phi) is 2.22. The number of thiazole rings is 1. The molecule has 0 aliphatic rings. The maximum Gasteiger partial charge on any atom is 0.454 e. The summed E-state index contributed by atoms with van der Waals surface area (Å²) in [6.07, 6.45) is -4.84. The molecule has 6 heteroatoms. The number of Topliss-reactive ketones (excluding diaryl/α,β-unsaturated/α-hetero) is 1. The number of carbonyl (C=O) groups is 1. The Labute approximate surface area is 86.4 Å². The largest absolute Gasteiger partial charge is 0.454 e. The molecule has 1 aromatic heterocycles. The lowest BCUT2D eigenvalue weighted by atomic mass is 10.1. The Morgan fingerprint density at radius 3 is 2.73 bits per heavy atom. The number of carbonyl (C=O) groups excluding carboxylic acids is 1. The van der Waals surface area contributed by atoms with E-state index in [9.17, 15) is 18.0 Å². The zero-order valence-corrected chi connectivity index (χ0v) is 8.02. The zero-order chi connectivity index (χ0) is 11.1. The number of ketones is 1. The Morgan fingerprint density at radius 2 is 2.07 bits per heavy atom. The van der Waals surface area contributed by atoms with Gasteiger partial charge in [0.15, 0.2) is 0 Å². The van der Waals surface area contributed by atoms with Crippen LogP contribution >= 0.6 is 11.3 Å². The number of rotatable bonds is 1. The van der Waals surface area contributed by atoms with E-state index in [1.165, 1.54) is 11.6 Å². The van der Waals surface area contributed by atoms with Crippen LogP contribution in [0, 0.1) is 0 Å². The van der Waals surface area contributed by atoms with Crippen molar-refractivity contribution < 1.29 is 18.0 Å². The molecule has 0 saturated heterocycles. The minimum Gasteiger partial charge on any atom is -0.284 e. The van der Waals surface area contributed by atoms with Gasteiger partial charge in [0, 0.05) is 5.56 Å². The average Bonchev–Trinajstić information content (AvgIpc) is 2.62. The standard InChI is InChI=1S/C9H4F3NOS/c10-9(11,12)8(14)5-2-1-3-6-7(5)15-4-13-6/h1-4H. The van der Waals surface area contributed by atoms with Crippen molar-refractivity contribution >= 4 is 27.3 Å². The summed E-state index contributed by atoms with van der Waals surface area (Å²) in [5.41, 5.74) is 1.50. The molecule has 2 aromatic rings. The lowest BCUT2D eigenvalue weighted by Crippen LogP contribution is -2.22. The minimum absolute atomic E-state index is 0.278. The van der Waals surface area contributed by atoms with Gasteiger partial charge in [-0.15, -0.1) is 11.3 Å². The van der Waals surface area contributed by atoms with Crippen LogP contribution in [0.2, 0.25) is 0 Å². The van der Waals surface area contributed by atoms with E-state index in [2.05, 4.69) is 4.98 Å². The van der Waals surface area contributed by atoms with Crippen molar-refractivity contribution in [3.05, 3.63) is 29.3 Å². The Bertz CT molecular complexity index is 517. The van der Waals surface area contributed by atoms with Gasteiger partial charge in [0.1, 0.15) is 0 Å². The molecule has 0 spiro atoms. The summed E-state index contributed by atoms with van der Waals surface area (Å²) in [4.78, 5) is 14.9. The van der Waals surface area contributed by atoms with Gasteiger partial charge in [0.05, 0.1) is 15.7 Å². The lowest BCUT2D eigenvalue weighted by molar-refractivity contribution is -0.0884. The molecule has 15 heavy (non-hydrogen) atoms. The van der Waals surface area contributed by atoms with Gasteiger partial charge in [-0.1, -0.05) is 6.07 Å². The van der Waals surface area contributed by atoms with E-state index < -0.39 is 12.0 Å². The van der Waals surface area contributed by atoms with E-state index in [0.29, 0.717) is 5.52 Å². The van der Waals surface area contributed by atoms with Crippen LogP contribution in [0.4, 0.5) is 13.2 Å². The highest BCUT2D eigenvalue weighted by molar-refractivity contribution is 7.17. The summed E-state index contributed by atoms with van der Waals surface area (Å²) in [5.74, 6) is -1.82. The van der Waals surface area contributed by atoms with Crippen molar-refractivity contribution in [3.63, 3.8) is 0 Å². The third-order valence-electron chi connectivity index (χ3n) is 1.86. The molecule has 1 aromatic carbocycles. The van der Waals surface area contributed by atoms with Gasteiger partial charge in [0.2, 0.25) is 0 Å². The Balaban J connectivity index is 2.62. The first-order valence-electron chi connectivity index (χ1n) is 3.94. The summed E-state index contributed by atoms with van der Waals surface area (Å²) in [5, 5.41) is 0.